The molecular weight excluding hydrogens is 262 g/mol. The Kier molecular flexibility index (Phi) is 4.76. The molecule has 3 heteroatoms. The zero-order valence-corrected chi connectivity index (χ0v) is 12.9. The van der Waals surface area contributed by atoms with Gasteiger partial charge in [-0.15, -0.1) is 0 Å². The molecule has 0 bridgehead atoms. The van der Waals surface area contributed by atoms with E-state index in [1.54, 1.807) is 0 Å². The van der Waals surface area contributed by atoms with E-state index in [9.17, 15) is 4.79 Å². The first kappa shape index (κ1) is 15.3. The number of benzene rings is 2. The van der Waals surface area contributed by atoms with E-state index in [1.165, 1.54) is 0 Å². The third-order valence-corrected chi connectivity index (χ3v) is 3.16. The summed E-state index contributed by atoms with van der Waals surface area (Å²) in [6.45, 7) is 0.834. The van der Waals surface area contributed by atoms with Crippen molar-refractivity contribution < 1.29 is 14.0 Å². The van der Waals surface area contributed by atoms with Gasteiger partial charge in [0.15, 0.2) is 5.78 Å². The number of carbonyl (C=O) groups excluding carboxylic acids is 1. The van der Waals surface area contributed by atoms with Crippen LogP contribution in [0, 0.1) is 0 Å². The van der Waals surface area contributed by atoms with Crippen molar-refractivity contribution in [1.29, 1.82) is 0 Å². The van der Waals surface area contributed by atoms with Crippen molar-refractivity contribution in [2.24, 2.45) is 0 Å². The summed E-state index contributed by atoms with van der Waals surface area (Å²) in [7, 11) is 6.26. The summed E-state index contributed by atoms with van der Waals surface area (Å²) >= 11 is 0. The summed E-state index contributed by atoms with van der Waals surface area (Å²) in [4.78, 5) is 12.1. The summed E-state index contributed by atoms with van der Waals surface area (Å²) in [6, 6.07) is 16.9. The molecule has 0 unspecified atom stereocenters. The third-order valence-electron chi connectivity index (χ3n) is 3.16. The molecule has 2 aromatic rings. The number of carbonyl (C=O) groups is 1. The number of ether oxygens (including phenoxy) is 1. The normalized spacial score (nSPS) is 11.2. The molecule has 2 aromatic carbocycles. The van der Waals surface area contributed by atoms with E-state index in [-0.39, 0.29) is 5.78 Å². The summed E-state index contributed by atoms with van der Waals surface area (Å²) in [5, 5.41) is 0. The number of quaternary nitrogens is 1. The molecule has 0 amide bonds. The molecule has 0 aliphatic heterocycles. The maximum Gasteiger partial charge on any atom is 0.168 e. The van der Waals surface area contributed by atoms with Crippen LogP contribution in [-0.2, 0) is 0 Å². The zero-order chi connectivity index (χ0) is 15.3. The number of rotatable bonds is 6. The van der Waals surface area contributed by atoms with Crippen LogP contribution in [0.5, 0.6) is 11.5 Å². The van der Waals surface area contributed by atoms with E-state index in [2.05, 4.69) is 21.1 Å². The van der Waals surface area contributed by atoms with Gasteiger partial charge in [0.2, 0.25) is 0 Å². The molecule has 0 saturated heterocycles. The minimum atomic E-state index is 0.175. The second-order valence-corrected chi connectivity index (χ2v) is 6.13. The Morgan fingerprint density at radius 3 is 2.05 bits per heavy atom. The fraction of sp³-hybridized carbons (Fsp3) is 0.278. The number of hydrogen-bond acceptors (Lipinski definition) is 2. The van der Waals surface area contributed by atoms with E-state index in [0.29, 0.717) is 6.42 Å². The maximum atomic E-state index is 12.1. The quantitative estimate of drug-likeness (QED) is 0.596. The lowest BCUT2D eigenvalue weighted by Gasteiger charge is -2.23. The molecule has 0 aromatic heterocycles. The van der Waals surface area contributed by atoms with Crippen molar-refractivity contribution in [1.82, 2.24) is 0 Å². The summed E-state index contributed by atoms with van der Waals surface area (Å²) in [5.74, 6) is 1.71. The fourth-order valence-electron chi connectivity index (χ4n) is 1.91. The highest BCUT2D eigenvalue weighted by molar-refractivity contribution is 5.96. The Hall–Kier alpha value is -2.13. The molecule has 0 heterocycles. The van der Waals surface area contributed by atoms with Crippen molar-refractivity contribution >= 4 is 5.78 Å². The molecule has 110 valence electrons. The van der Waals surface area contributed by atoms with Gasteiger partial charge in [0.1, 0.15) is 11.5 Å². The van der Waals surface area contributed by atoms with E-state index in [4.69, 9.17) is 4.74 Å². The number of ketones is 1. The fourth-order valence-corrected chi connectivity index (χ4v) is 1.91. The van der Waals surface area contributed by atoms with Gasteiger partial charge in [-0.05, 0) is 36.4 Å². The molecular formula is C18H22NO2+. The lowest BCUT2D eigenvalue weighted by molar-refractivity contribution is -0.869. The average Bonchev–Trinajstić information content (AvgIpc) is 2.46. The Morgan fingerprint density at radius 2 is 1.48 bits per heavy atom. The van der Waals surface area contributed by atoms with Gasteiger partial charge < -0.3 is 9.22 Å². The maximum absolute atomic E-state index is 12.1. The first-order valence-corrected chi connectivity index (χ1v) is 7.11. The summed E-state index contributed by atoms with van der Waals surface area (Å²) in [5.41, 5.74) is 0.740. The van der Waals surface area contributed by atoms with Crippen LogP contribution in [0.2, 0.25) is 0 Å². The van der Waals surface area contributed by atoms with Crippen molar-refractivity contribution in [3.63, 3.8) is 0 Å². The van der Waals surface area contributed by atoms with Crippen molar-refractivity contribution in [3.8, 4) is 11.5 Å². The standard InChI is InChI=1S/C18H22NO2/c1-19(2,3)14-13-18(20)15-9-11-17(12-10-15)21-16-7-5-4-6-8-16/h4-12H,13-14H2,1-3H3/q+1. The van der Waals surface area contributed by atoms with Crippen LogP contribution < -0.4 is 4.74 Å². The lowest BCUT2D eigenvalue weighted by Crippen LogP contribution is -2.36. The van der Waals surface area contributed by atoms with Gasteiger partial charge in [0.05, 0.1) is 34.1 Å². The number of hydrogen-bond donors (Lipinski definition) is 0. The van der Waals surface area contributed by atoms with Crippen LogP contribution in [-0.4, -0.2) is 38.0 Å². The summed E-state index contributed by atoms with van der Waals surface area (Å²) in [6.07, 6.45) is 0.558. The molecule has 0 N–H and O–H groups in total. The van der Waals surface area contributed by atoms with E-state index in [1.807, 2.05) is 54.6 Å². The van der Waals surface area contributed by atoms with Crippen molar-refractivity contribution in [2.75, 3.05) is 27.7 Å². The van der Waals surface area contributed by atoms with Crippen LogP contribution in [0.3, 0.4) is 0 Å². The molecule has 0 radical (unpaired) electrons. The topological polar surface area (TPSA) is 26.3 Å². The second kappa shape index (κ2) is 6.55. The molecule has 0 saturated carbocycles. The highest BCUT2D eigenvalue weighted by Gasteiger charge is 2.12. The largest absolute Gasteiger partial charge is 0.457 e. The van der Waals surface area contributed by atoms with Crippen LogP contribution in [0.4, 0.5) is 0 Å². The SMILES string of the molecule is C[N+](C)(C)CCC(=O)c1ccc(Oc2ccccc2)cc1. The monoisotopic (exact) mass is 284 g/mol. The number of para-hydroxylation sites is 1. The van der Waals surface area contributed by atoms with E-state index < -0.39 is 0 Å². The van der Waals surface area contributed by atoms with Crippen LogP contribution in [0.1, 0.15) is 16.8 Å². The van der Waals surface area contributed by atoms with Gasteiger partial charge in [-0.2, -0.15) is 0 Å². The number of nitrogens with zero attached hydrogens (tertiary/aromatic N) is 1. The molecule has 0 aliphatic rings. The van der Waals surface area contributed by atoms with Crippen LogP contribution >= 0.6 is 0 Å². The molecule has 2 rings (SSSR count). The van der Waals surface area contributed by atoms with Gasteiger partial charge in [-0.1, -0.05) is 18.2 Å². The third kappa shape index (κ3) is 5.04. The smallest absolute Gasteiger partial charge is 0.168 e. The van der Waals surface area contributed by atoms with Gasteiger partial charge in [-0.25, -0.2) is 0 Å². The second-order valence-electron chi connectivity index (χ2n) is 6.13. The Balaban J connectivity index is 1.97. The molecule has 21 heavy (non-hydrogen) atoms. The molecule has 0 atom stereocenters. The van der Waals surface area contributed by atoms with Crippen molar-refractivity contribution in [2.45, 2.75) is 6.42 Å². The van der Waals surface area contributed by atoms with Gasteiger partial charge in [0, 0.05) is 5.56 Å². The van der Waals surface area contributed by atoms with Crippen molar-refractivity contribution in [3.05, 3.63) is 60.2 Å². The molecule has 0 fully saturated rings. The minimum absolute atomic E-state index is 0.175. The predicted molar refractivity (Wildman–Crippen MR) is 84.8 cm³/mol. The Bertz CT molecular complexity index is 583. The average molecular weight is 284 g/mol. The molecule has 0 aliphatic carbocycles. The van der Waals surface area contributed by atoms with E-state index >= 15 is 0 Å². The van der Waals surface area contributed by atoms with Gasteiger partial charge in [0.25, 0.3) is 0 Å². The van der Waals surface area contributed by atoms with E-state index in [0.717, 1.165) is 28.1 Å². The Morgan fingerprint density at radius 1 is 0.905 bits per heavy atom. The van der Waals surface area contributed by atoms with Crippen LogP contribution in [0.15, 0.2) is 54.6 Å². The predicted octanol–water partition coefficient (Wildman–Crippen LogP) is 3.76. The minimum Gasteiger partial charge on any atom is -0.457 e. The Labute approximate surface area is 126 Å². The number of Topliss-reactive ketones (excluding diaryl/α,β-unsaturated/α-hetero) is 1. The molecule has 3 nitrogen and oxygen atoms in total. The first-order valence-electron chi connectivity index (χ1n) is 7.11. The molecule has 0 spiro atoms. The van der Waals surface area contributed by atoms with Gasteiger partial charge in [-0.3, -0.25) is 4.79 Å². The highest BCUT2D eigenvalue weighted by Crippen LogP contribution is 2.21. The zero-order valence-electron chi connectivity index (χ0n) is 12.9. The van der Waals surface area contributed by atoms with Gasteiger partial charge >= 0.3 is 0 Å². The lowest BCUT2D eigenvalue weighted by atomic mass is 10.1. The van der Waals surface area contributed by atoms with Crippen LogP contribution in [0.25, 0.3) is 0 Å². The first-order chi connectivity index (χ1) is 9.94. The highest BCUT2D eigenvalue weighted by atomic mass is 16.5. The summed E-state index contributed by atoms with van der Waals surface area (Å²) < 4.78 is 6.51.